The van der Waals surface area contributed by atoms with Crippen molar-refractivity contribution in [1.29, 1.82) is 0 Å². The van der Waals surface area contributed by atoms with Gasteiger partial charge in [0.25, 0.3) is 0 Å². The molecule has 2 N–H and O–H groups in total. The number of hydrogen-bond donors (Lipinski definition) is 2. The van der Waals surface area contributed by atoms with Crippen LogP contribution in [0.2, 0.25) is 5.02 Å². The number of pyridine rings is 2. The Hall–Kier alpha value is -2.21. The summed E-state index contributed by atoms with van der Waals surface area (Å²) in [5.41, 5.74) is 1.19. The number of nitrogens with one attached hydrogen (secondary N) is 2. The molecule has 0 amide bonds. The second-order valence-corrected chi connectivity index (χ2v) is 8.11. The molecule has 0 spiro atoms. The molecule has 6 rings (SSSR count). The molecule has 27 heavy (non-hydrogen) atoms. The lowest BCUT2D eigenvalue weighted by molar-refractivity contribution is 0.157. The van der Waals surface area contributed by atoms with Crippen LogP contribution in [0, 0.1) is 23.5 Å². The molecule has 3 fully saturated rings. The van der Waals surface area contributed by atoms with E-state index in [0.717, 1.165) is 12.5 Å². The van der Waals surface area contributed by atoms with Crippen LogP contribution in [-0.2, 0) is 0 Å². The molecule has 3 aliphatic rings. The lowest BCUT2D eigenvalue weighted by Gasteiger charge is -2.42. The summed E-state index contributed by atoms with van der Waals surface area (Å²) < 4.78 is 29.0. The van der Waals surface area contributed by atoms with Crippen LogP contribution < -0.4 is 5.32 Å². The van der Waals surface area contributed by atoms with Crippen LogP contribution in [0.5, 0.6) is 0 Å². The number of nitrogens with zero attached hydrogens (tertiary/aromatic N) is 2. The summed E-state index contributed by atoms with van der Waals surface area (Å²) in [6.45, 7) is 0. The highest BCUT2D eigenvalue weighted by molar-refractivity contribution is 6.31. The third-order valence-electron chi connectivity index (χ3n) is 6.05. The van der Waals surface area contributed by atoms with Crippen molar-refractivity contribution in [3.8, 4) is 11.3 Å². The third kappa shape index (κ3) is 2.96. The lowest BCUT2D eigenvalue weighted by Crippen LogP contribution is -2.40. The Balaban J connectivity index is 1.53. The first-order chi connectivity index (χ1) is 13.1. The van der Waals surface area contributed by atoms with Gasteiger partial charge >= 0.3 is 0 Å². The van der Waals surface area contributed by atoms with Gasteiger partial charge in [0.15, 0.2) is 17.5 Å². The third-order valence-corrected chi connectivity index (χ3v) is 6.26. The monoisotopic (exact) mass is 388 g/mol. The van der Waals surface area contributed by atoms with Crippen molar-refractivity contribution >= 4 is 28.5 Å². The van der Waals surface area contributed by atoms with E-state index in [9.17, 15) is 8.78 Å². The fourth-order valence-electron chi connectivity index (χ4n) is 4.66. The predicted octanol–water partition coefficient (Wildman–Crippen LogP) is 5.55. The van der Waals surface area contributed by atoms with Gasteiger partial charge in [0.2, 0.25) is 0 Å². The molecule has 140 valence electrons. The first-order valence-electron chi connectivity index (χ1n) is 9.34. The molecule has 1 unspecified atom stereocenters. The molecule has 0 saturated heterocycles. The number of rotatable bonds is 3. The molecule has 4 nitrogen and oxygen atoms in total. The second-order valence-electron chi connectivity index (χ2n) is 7.67. The fourth-order valence-corrected chi connectivity index (χ4v) is 4.82. The number of H-pyrrole nitrogens is 1. The van der Waals surface area contributed by atoms with Crippen molar-refractivity contribution in [2.24, 2.45) is 11.8 Å². The molecular formula is C20H19ClF2N4. The van der Waals surface area contributed by atoms with Crippen LogP contribution in [0.3, 0.4) is 0 Å². The van der Waals surface area contributed by atoms with Gasteiger partial charge in [0.05, 0.1) is 5.02 Å². The fraction of sp³-hybridized carbons (Fsp3) is 0.400. The van der Waals surface area contributed by atoms with Crippen LogP contribution in [0.25, 0.3) is 22.3 Å². The molecule has 3 aliphatic carbocycles. The average Bonchev–Trinajstić information content (AvgIpc) is 3.08. The molecule has 7 heteroatoms. The topological polar surface area (TPSA) is 53.6 Å². The van der Waals surface area contributed by atoms with E-state index in [1.54, 1.807) is 12.3 Å². The maximum atomic E-state index is 14.6. The van der Waals surface area contributed by atoms with E-state index in [0.29, 0.717) is 33.5 Å². The Labute approximate surface area is 160 Å². The summed E-state index contributed by atoms with van der Waals surface area (Å²) in [5, 5.41) is 4.37. The summed E-state index contributed by atoms with van der Waals surface area (Å²) >= 11 is 6.03. The van der Waals surface area contributed by atoms with Crippen molar-refractivity contribution in [3.63, 3.8) is 0 Å². The minimum absolute atomic E-state index is 0.0928. The van der Waals surface area contributed by atoms with Crippen molar-refractivity contribution in [2.45, 2.75) is 38.1 Å². The quantitative estimate of drug-likeness (QED) is 0.618. The molecule has 2 bridgehead atoms. The highest BCUT2D eigenvalue weighted by atomic mass is 35.5. The highest BCUT2D eigenvalue weighted by Crippen LogP contribution is 2.42. The molecule has 3 aromatic heterocycles. The van der Waals surface area contributed by atoms with Gasteiger partial charge in [-0.2, -0.15) is 0 Å². The Morgan fingerprint density at radius 1 is 1.11 bits per heavy atom. The van der Waals surface area contributed by atoms with Crippen LogP contribution in [0.15, 0.2) is 24.5 Å². The second kappa shape index (κ2) is 6.44. The standard InChI is InChI=1S/C20H19ClF2N4/c21-12-6-13-14(9-25-19(13)24-8-12)18-15(22)7-16(23)20(27-18)26-17-5-10-1-3-11(17)4-2-10/h6-11,17H,1-5H2,(H,24,25)(H,26,27). The van der Waals surface area contributed by atoms with E-state index in [1.165, 1.54) is 31.9 Å². The number of hydrogen-bond acceptors (Lipinski definition) is 3. The normalized spacial score (nSPS) is 24.5. The highest BCUT2D eigenvalue weighted by Gasteiger charge is 2.36. The SMILES string of the molecule is Fc1cc(F)c(-c2c[nH]c3ncc(Cl)cc23)nc1NC1CC2CCC1CC2. The first kappa shape index (κ1) is 16.9. The number of halogens is 3. The van der Waals surface area contributed by atoms with Gasteiger partial charge in [0.1, 0.15) is 11.3 Å². The number of anilines is 1. The number of aromatic amines is 1. The van der Waals surface area contributed by atoms with Gasteiger partial charge in [-0.1, -0.05) is 24.4 Å². The minimum atomic E-state index is -0.705. The smallest absolute Gasteiger partial charge is 0.168 e. The van der Waals surface area contributed by atoms with Crippen molar-refractivity contribution in [2.75, 3.05) is 5.32 Å². The maximum absolute atomic E-state index is 14.6. The van der Waals surface area contributed by atoms with Crippen molar-refractivity contribution in [1.82, 2.24) is 15.0 Å². The van der Waals surface area contributed by atoms with Crippen LogP contribution in [-0.4, -0.2) is 21.0 Å². The maximum Gasteiger partial charge on any atom is 0.168 e. The van der Waals surface area contributed by atoms with Gasteiger partial charge in [-0.25, -0.2) is 18.7 Å². The zero-order valence-corrected chi connectivity index (χ0v) is 15.4. The van der Waals surface area contributed by atoms with E-state index < -0.39 is 11.6 Å². The van der Waals surface area contributed by atoms with Gasteiger partial charge in [-0.3, -0.25) is 0 Å². The van der Waals surface area contributed by atoms with Gasteiger partial charge in [-0.05, 0) is 37.2 Å². The van der Waals surface area contributed by atoms with Gasteiger partial charge in [-0.15, -0.1) is 0 Å². The van der Waals surface area contributed by atoms with Crippen LogP contribution in [0.4, 0.5) is 14.6 Å². The zero-order chi connectivity index (χ0) is 18.5. The minimum Gasteiger partial charge on any atom is -0.365 e. The van der Waals surface area contributed by atoms with E-state index in [1.807, 2.05) is 0 Å². The summed E-state index contributed by atoms with van der Waals surface area (Å²) in [6, 6.07) is 2.81. The first-order valence-corrected chi connectivity index (χ1v) is 9.72. The molecule has 0 aromatic carbocycles. The van der Waals surface area contributed by atoms with Crippen molar-refractivity contribution < 1.29 is 8.78 Å². The average molecular weight is 389 g/mol. The lowest BCUT2D eigenvalue weighted by atomic mass is 9.68. The Morgan fingerprint density at radius 2 is 1.93 bits per heavy atom. The summed E-state index contributed by atoms with van der Waals surface area (Å²) in [4.78, 5) is 11.5. The molecule has 3 heterocycles. The van der Waals surface area contributed by atoms with E-state index in [4.69, 9.17) is 11.6 Å². The molecule has 0 aliphatic heterocycles. The summed E-state index contributed by atoms with van der Waals surface area (Å²) in [6.07, 6.45) is 9.04. The zero-order valence-electron chi connectivity index (χ0n) is 14.6. The summed E-state index contributed by atoms with van der Waals surface area (Å²) in [7, 11) is 0. The van der Waals surface area contributed by atoms with Crippen LogP contribution >= 0.6 is 11.6 Å². The van der Waals surface area contributed by atoms with Crippen LogP contribution in [0.1, 0.15) is 32.1 Å². The Kier molecular flexibility index (Phi) is 4.04. The summed E-state index contributed by atoms with van der Waals surface area (Å²) in [5.74, 6) is 0.00388. The van der Waals surface area contributed by atoms with E-state index >= 15 is 0 Å². The van der Waals surface area contributed by atoms with Gasteiger partial charge < -0.3 is 10.3 Å². The Morgan fingerprint density at radius 3 is 2.67 bits per heavy atom. The predicted molar refractivity (Wildman–Crippen MR) is 102 cm³/mol. The molecule has 0 radical (unpaired) electrons. The Bertz CT molecular complexity index is 1010. The molecular weight excluding hydrogens is 370 g/mol. The number of fused-ring (bicyclic) bond motifs is 4. The molecule has 3 saturated carbocycles. The van der Waals surface area contributed by atoms with E-state index in [2.05, 4.69) is 20.3 Å². The number of aromatic nitrogens is 3. The molecule has 3 aromatic rings. The van der Waals surface area contributed by atoms with Gasteiger partial charge in [0, 0.05) is 35.5 Å². The van der Waals surface area contributed by atoms with E-state index in [-0.39, 0.29) is 17.6 Å². The van der Waals surface area contributed by atoms with Crippen molar-refractivity contribution in [3.05, 3.63) is 41.2 Å². The largest absolute Gasteiger partial charge is 0.365 e. The molecule has 1 atom stereocenters.